The first-order valence-electron chi connectivity index (χ1n) is 10.4. The van der Waals surface area contributed by atoms with Gasteiger partial charge in [-0.15, -0.1) is 0 Å². The van der Waals surface area contributed by atoms with Crippen molar-refractivity contribution < 1.29 is 9.84 Å². The van der Waals surface area contributed by atoms with E-state index in [0.29, 0.717) is 6.61 Å². The summed E-state index contributed by atoms with van der Waals surface area (Å²) in [6.07, 6.45) is 5.90. The van der Waals surface area contributed by atoms with Crippen molar-refractivity contribution in [2.24, 2.45) is 0 Å². The van der Waals surface area contributed by atoms with Gasteiger partial charge >= 0.3 is 0 Å². The molecule has 2 aromatic heterocycles. The first-order valence-corrected chi connectivity index (χ1v) is 10.4. The molecule has 0 aliphatic rings. The largest absolute Gasteiger partial charge is 0.492 e. The molecule has 0 atom stereocenters. The van der Waals surface area contributed by atoms with E-state index >= 15 is 0 Å². The van der Waals surface area contributed by atoms with Crippen LogP contribution in [0.2, 0.25) is 0 Å². The van der Waals surface area contributed by atoms with Crippen LogP contribution in [0.5, 0.6) is 5.75 Å². The van der Waals surface area contributed by atoms with Crippen molar-refractivity contribution in [3.05, 3.63) is 103 Å². The number of hydrogen-bond acceptors (Lipinski definition) is 4. The van der Waals surface area contributed by atoms with E-state index in [4.69, 9.17) is 4.74 Å². The Labute approximate surface area is 183 Å². The summed E-state index contributed by atoms with van der Waals surface area (Å²) in [6, 6.07) is 24.2. The van der Waals surface area contributed by atoms with Crippen LogP contribution < -0.4 is 9.64 Å². The third kappa shape index (κ3) is 5.32. The summed E-state index contributed by atoms with van der Waals surface area (Å²) in [5.74, 6) is 1.79. The number of aliphatic hydroxyl groups is 1. The topological polar surface area (TPSA) is 50.5 Å². The number of anilines is 1. The molecule has 1 N–H and O–H groups in total. The molecule has 0 unspecified atom stereocenters. The maximum atomic E-state index is 9.75. The molecule has 0 amide bonds. The summed E-state index contributed by atoms with van der Waals surface area (Å²) in [4.78, 5) is 6.41. The lowest BCUT2D eigenvalue weighted by Crippen LogP contribution is -2.24. The number of rotatable bonds is 9. The number of benzene rings is 2. The van der Waals surface area contributed by atoms with Gasteiger partial charge in [-0.2, -0.15) is 0 Å². The molecule has 0 aliphatic heterocycles. The monoisotopic (exact) mass is 413 g/mol. The van der Waals surface area contributed by atoms with E-state index in [1.165, 1.54) is 5.56 Å². The predicted octanol–water partition coefficient (Wildman–Crippen LogP) is 4.61. The molecule has 0 fully saturated rings. The number of pyridine rings is 1. The van der Waals surface area contributed by atoms with Gasteiger partial charge in [-0.3, -0.25) is 0 Å². The van der Waals surface area contributed by atoms with Gasteiger partial charge in [0.25, 0.3) is 0 Å². The average Bonchev–Trinajstić information content (AvgIpc) is 3.24. The number of hydrogen-bond donors (Lipinski definition) is 1. The van der Waals surface area contributed by atoms with Gasteiger partial charge in [-0.05, 0) is 35.4 Å². The predicted molar refractivity (Wildman–Crippen MR) is 124 cm³/mol. The van der Waals surface area contributed by atoms with Crippen molar-refractivity contribution in [3.63, 3.8) is 0 Å². The van der Waals surface area contributed by atoms with Crippen LogP contribution in [0.15, 0.2) is 91.4 Å². The number of aliphatic hydroxyl groups excluding tert-OH is 1. The van der Waals surface area contributed by atoms with E-state index in [-0.39, 0.29) is 6.61 Å². The van der Waals surface area contributed by atoms with Crippen LogP contribution in [0.25, 0.3) is 11.1 Å². The van der Waals surface area contributed by atoms with Crippen LogP contribution in [0, 0.1) is 0 Å². The highest BCUT2D eigenvalue weighted by Gasteiger charge is 2.09. The van der Waals surface area contributed by atoms with E-state index in [1.807, 2.05) is 61.8 Å². The van der Waals surface area contributed by atoms with E-state index in [1.54, 1.807) is 6.20 Å². The smallest absolute Gasteiger partial charge is 0.128 e. The Morgan fingerprint density at radius 3 is 2.42 bits per heavy atom. The van der Waals surface area contributed by atoms with Crippen molar-refractivity contribution >= 4 is 5.82 Å². The average molecular weight is 414 g/mol. The normalized spacial score (nSPS) is 10.8. The van der Waals surface area contributed by atoms with Crippen LogP contribution >= 0.6 is 0 Å². The van der Waals surface area contributed by atoms with Crippen LogP contribution in [0.4, 0.5) is 5.82 Å². The summed E-state index contributed by atoms with van der Waals surface area (Å²) < 4.78 is 8.01. The van der Waals surface area contributed by atoms with Gasteiger partial charge in [0.05, 0.1) is 13.2 Å². The first-order chi connectivity index (χ1) is 15.2. The molecule has 0 aliphatic carbocycles. The van der Waals surface area contributed by atoms with Gasteiger partial charge in [0, 0.05) is 43.3 Å². The lowest BCUT2D eigenvalue weighted by molar-refractivity contribution is 0.282. The molecule has 158 valence electrons. The van der Waals surface area contributed by atoms with Gasteiger partial charge in [0.15, 0.2) is 0 Å². The number of nitrogens with zero attached hydrogens (tertiary/aromatic N) is 3. The molecule has 4 rings (SSSR count). The van der Waals surface area contributed by atoms with Crippen LogP contribution in [-0.2, 0) is 13.2 Å². The second-order valence-electron chi connectivity index (χ2n) is 7.50. The highest BCUT2D eigenvalue weighted by molar-refractivity contribution is 5.66. The summed E-state index contributed by atoms with van der Waals surface area (Å²) in [5, 5.41) is 9.75. The zero-order chi connectivity index (χ0) is 21.5. The molecular formula is C26H27N3O2. The first kappa shape index (κ1) is 20.7. The fourth-order valence-corrected chi connectivity index (χ4v) is 3.55. The minimum atomic E-state index is 0.0248. The molecule has 0 spiro atoms. The molecule has 2 aromatic carbocycles. The zero-order valence-electron chi connectivity index (χ0n) is 17.7. The van der Waals surface area contributed by atoms with Crippen LogP contribution in [-0.4, -0.2) is 34.9 Å². The molecule has 0 saturated carbocycles. The number of aromatic nitrogens is 2. The van der Waals surface area contributed by atoms with E-state index in [9.17, 15) is 5.11 Å². The summed E-state index contributed by atoms with van der Waals surface area (Å²) in [7, 11) is 2.01. The molecule has 4 aromatic rings. The van der Waals surface area contributed by atoms with Crippen molar-refractivity contribution in [3.8, 4) is 16.9 Å². The second-order valence-corrected chi connectivity index (χ2v) is 7.50. The Bertz CT molecular complexity index is 1080. The van der Waals surface area contributed by atoms with E-state index < -0.39 is 0 Å². The standard InChI is InChI=1S/C26H27N3O2/c1-28(26-9-5-6-14-27-26)15-16-31-24-12-10-21(11-13-24)17-29-18-23(20-30)25(19-29)22-7-3-2-4-8-22/h2-14,18-19,30H,15-17,20H2,1H3. The van der Waals surface area contributed by atoms with E-state index in [2.05, 4.69) is 44.9 Å². The van der Waals surface area contributed by atoms with Crippen molar-refractivity contribution in [2.45, 2.75) is 13.2 Å². The zero-order valence-corrected chi connectivity index (χ0v) is 17.7. The highest BCUT2D eigenvalue weighted by Crippen LogP contribution is 2.25. The molecule has 5 nitrogen and oxygen atoms in total. The Balaban J connectivity index is 1.34. The van der Waals surface area contributed by atoms with Gasteiger partial charge in [-0.25, -0.2) is 4.98 Å². The molecule has 0 radical (unpaired) electrons. The van der Waals surface area contributed by atoms with Gasteiger partial charge in [-0.1, -0.05) is 48.5 Å². The van der Waals surface area contributed by atoms with Gasteiger partial charge in [0.1, 0.15) is 18.2 Å². The fraction of sp³-hybridized carbons (Fsp3) is 0.192. The molecule has 5 heteroatoms. The SMILES string of the molecule is CN(CCOc1ccc(Cn2cc(CO)c(-c3ccccc3)c2)cc1)c1ccccn1. The molecule has 0 bridgehead atoms. The quantitative estimate of drug-likeness (QED) is 0.436. The minimum Gasteiger partial charge on any atom is -0.492 e. The van der Waals surface area contributed by atoms with E-state index in [0.717, 1.165) is 41.3 Å². The van der Waals surface area contributed by atoms with Crippen LogP contribution in [0.3, 0.4) is 0 Å². The molecule has 2 heterocycles. The summed E-state index contributed by atoms with van der Waals surface area (Å²) in [6.45, 7) is 2.11. The third-order valence-electron chi connectivity index (χ3n) is 5.24. The Kier molecular flexibility index (Phi) is 6.65. The Morgan fingerprint density at radius 1 is 0.935 bits per heavy atom. The van der Waals surface area contributed by atoms with Crippen LogP contribution in [0.1, 0.15) is 11.1 Å². The number of ether oxygens (including phenoxy) is 1. The Morgan fingerprint density at radius 2 is 1.71 bits per heavy atom. The lowest BCUT2D eigenvalue weighted by atomic mass is 10.1. The fourth-order valence-electron chi connectivity index (χ4n) is 3.55. The Hall–Kier alpha value is -3.57. The molecule has 0 saturated heterocycles. The molecule has 31 heavy (non-hydrogen) atoms. The molecular weight excluding hydrogens is 386 g/mol. The maximum Gasteiger partial charge on any atom is 0.128 e. The summed E-state index contributed by atoms with van der Waals surface area (Å²) in [5.41, 5.74) is 4.30. The minimum absolute atomic E-state index is 0.0248. The van der Waals surface area contributed by atoms with Crippen molar-refractivity contribution in [2.75, 3.05) is 25.1 Å². The van der Waals surface area contributed by atoms with Crippen molar-refractivity contribution in [1.29, 1.82) is 0 Å². The van der Waals surface area contributed by atoms with Crippen molar-refractivity contribution in [1.82, 2.24) is 9.55 Å². The number of likely N-dealkylation sites (N-methyl/N-ethyl adjacent to an activating group) is 1. The lowest BCUT2D eigenvalue weighted by Gasteiger charge is -2.18. The van der Waals surface area contributed by atoms with Gasteiger partial charge in [0.2, 0.25) is 0 Å². The highest BCUT2D eigenvalue weighted by atomic mass is 16.5. The second kappa shape index (κ2) is 9.96. The summed E-state index contributed by atoms with van der Waals surface area (Å²) >= 11 is 0. The van der Waals surface area contributed by atoms with Gasteiger partial charge < -0.3 is 19.3 Å². The maximum absolute atomic E-state index is 9.75. The third-order valence-corrected chi connectivity index (χ3v) is 5.24.